The first-order valence-corrected chi connectivity index (χ1v) is 6.96. The fraction of sp³-hybridized carbons (Fsp3) is 0.846. The van der Waals surface area contributed by atoms with Gasteiger partial charge in [0, 0.05) is 19.4 Å². The first kappa shape index (κ1) is 12.6. The molecule has 1 saturated heterocycles. The van der Waals surface area contributed by atoms with Gasteiger partial charge in [-0.1, -0.05) is 13.8 Å². The van der Waals surface area contributed by atoms with E-state index in [4.69, 9.17) is 0 Å². The Labute approximate surface area is 104 Å². The zero-order valence-electron chi connectivity index (χ0n) is 11.1. The molecule has 1 aliphatic rings. The molecule has 1 N–H and O–H groups in total. The van der Waals surface area contributed by atoms with Crippen molar-refractivity contribution in [1.29, 1.82) is 0 Å². The molecule has 2 rings (SSSR count). The van der Waals surface area contributed by atoms with Crippen molar-refractivity contribution in [2.45, 2.75) is 52.5 Å². The second-order valence-electron chi connectivity index (χ2n) is 4.86. The summed E-state index contributed by atoms with van der Waals surface area (Å²) in [6, 6.07) is 0. The van der Waals surface area contributed by atoms with Crippen molar-refractivity contribution in [1.82, 2.24) is 20.1 Å². The Balaban J connectivity index is 1.90. The van der Waals surface area contributed by atoms with Gasteiger partial charge < -0.3 is 5.32 Å². The minimum Gasteiger partial charge on any atom is -0.317 e. The predicted octanol–water partition coefficient (Wildman–Crippen LogP) is 1.79. The van der Waals surface area contributed by atoms with Crippen molar-refractivity contribution in [2.75, 3.05) is 13.1 Å². The van der Waals surface area contributed by atoms with Crippen LogP contribution in [0.4, 0.5) is 0 Å². The zero-order chi connectivity index (χ0) is 12.1. The third-order valence-electron chi connectivity index (χ3n) is 3.63. The Morgan fingerprint density at radius 3 is 2.65 bits per heavy atom. The van der Waals surface area contributed by atoms with Gasteiger partial charge in [0.1, 0.15) is 5.82 Å². The quantitative estimate of drug-likeness (QED) is 0.847. The standard InChI is InChI=1S/C13H24N4/c1-3-12-15-13(4-2)17(16-12)10-7-11-5-8-14-9-6-11/h11,14H,3-10H2,1-2H3. The van der Waals surface area contributed by atoms with Crippen molar-refractivity contribution in [2.24, 2.45) is 5.92 Å². The van der Waals surface area contributed by atoms with E-state index in [0.29, 0.717) is 0 Å². The lowest BCUT2D eigenvalue weighted by Crippen LogP contribution is -2.28. The van der Waals surface area contributed by atoms with Crippen LogP contribution in [0.3, 0.4) is 0 Å². The summed E-state index contributed by atoms with van der Waals surface area (Å²) in [6.07, 6.45) is 5.81. The molecule has 0 amide bonds. The van der Waals surface area contributed by atoms with Gasteiger partial charge in [0.05, 0.1) is 0 Å². The summed E-state index contributed by atoms with van der Waals surface area (Å²) in [7, 11) is 0. The zero-order valence-corrected chi connectivity index (χ0v) is 11.1. The molecule has 0 spiro atoms. The third-order valence-corrected chi connectivity index (χ3v) is 3.63. The van der Waals surface area contributed by atoms with Gasteiger partial charge in [-0.25, -0.2) is 9.67 Å². The summed E-state index contributed by atoms with van der Waals surface area (Å²) in [5.41, 5.74) is 0. The van der Waals surface area contributed by atoms with Gasteiger partial charge >= 0.3 is 0 Å². The molecule has 1 aromatic rings. The molecule has 0 radical (unpaired) electrons. The Bertz CT molecular complexity index is 339. The molecule has 96 valence electrons. The van der Waals surface area contributed by atoms with Crippen molar-refractivity contribution < 1.29 is 0 Å². The van der Waals surface area contributed by atoms with Crippen LogP contribution in [-0.2, 0) is 19.4 Å². The minimum atomic E-state index is 0.871. The number of nitrogens with zero attached hydrogens (tertiary/aromatic N) is 3. The van der Waals surface area contributed by atoms with E-state index in [1.54, 1.807) is 0 Å². The van der Waals surface area contributed by atoms with E-state index in [1.165, 1.54) is 32.4 Å². The van der Waals surface area contributed by atoms with E-state index in [0.717, 1.165) is 37.0 Å². The molecule has 0 aliphatic carbocycles. The largest absolute Gasteiger partial charge is 0.317 e. The van der Waals surface area contributed by atoms with Crippen LogP contribution in [-0.4, -0.2) is 27.9 Å². The first-order chi connectivity index (χ1) is 8.33. The fourth-order valence-electron chi connectivity index (χ4n) is 2.49. The minimum absolute atomic E-state index is 0.871. The van der Waals surface area contributed by atoms with E-state index in [1.807, 2.05) is 0 Å². The van der Waals surface area contributed by atoms with Crippen molar-refractivity contribution in [3.8, 4) is 0 Å². The second-order valence-corrected chi connectivity index (χ2v) is 4.86. The van der Waals surface area contributed by atoms with Crippen LogP contribution in [0.15, 0.2) is 0 Å². The fourth-order valence-corrected chi connectivity index (χ4v) is 2.49. The predicted molar refractivity (Wildman–Crippen MR) is 69.0 cm³/mol. The lowest BCUT2D eigenvalue weighted by Gasteiger charge is -2.22. The molecule has 2 heterocycles. The van der Waals surface area contributed by atoms with Gasteiger partial charge in [-0.3, -0.25) is 0 Å². The lowest BCUT2D eigenvalue weighted by molar-refractivity contribution is 0.329. The molecule has 0 atom stereocenters. The highest BCUT2D eigenvalue weighted by atomic mass is 15.3. The molecule has 0 unspecified atom stereocenters. The maximum atomic E-state index is 4.57. The van der Waals surface area contributed by atoms with Crippen LogP contribution in [0.25, 0.3) is 0 Å². The van der Waals surface area contributed by atoms with Gasteiger partial charge in [-0.05, 0) is 38.3 Å². The second kappa shape index (κ2) is 6.15. The molecular formula is C13H24N4. The molecule has 0 saturated carbocycles. The molecule has 4 nitrogen and oxygen atoms in total. The van der Waals surface area contributed by atoms with E-state index in [9.17, 15) is 0 Å². The average Bonchev–Trinajstić information content (AvgIpc) is 2.80. The summed E-state index contributed by atoms with van der Waals surface area (Å²) >= 11 is 0. The molecule has 1 aromatic heterocycles. The number of aryl methyl sites for hydroxylation is 3. The van der Waals surface area contributed by atoms with Crippen LogP contribution in [0.2, 0.25) is 0 Å². The highest BCUT2D eigenvalue weighted by molar-refractivity contribution is 4.92. The van der Waals surface area contributed by atoms with Crippen LogP contribution in [0.1, 0.15) is 44.8 Å². The van der Waals surface area contributed by atoms with Crippen LogP contribution >= 0.6 is 0 Å². The number of piperidine rings is 1. The van der Waals surface area contributed by atoms with Crippen LogP contribution in [0, 0.1) is 5.92 Å². The Morgan fingerprint density at radius 1 is 1.24 bits per heavy atom. The van der Waals surface area contributed by atoms with Gasteiger partial charge in [-0.2, -0.15) is 5.10 Å². The summed E-state index contributed by atoms with van der Waals surface area (Å²) in [4.78, 5) is 4.55. The molecule has 1 fully saturated rings. The highest BCUT2D eigenvalue weighted by Gasteiger charge is 2.14. The molecule has 17 heavy (non-hydrogen) atoms. The van der Waals surface area contributed by atoms with E-state index in [2.05, 4.69) is 33.9 Å². The van der Waals surface area contributed by atoms with Crippen molar-refractivity contribution in [3.63, 3.8) is 0 Å². The third kappa shape index (κ3) is 3.28. The molecule has 4 heteroatoms. The number of aromatic nitrogens is 3. The normalized spacial score (nSPS) is 17.5. The Morgan fingerprint density at radius 2 is 2.00 bits per heavy atom. The number of nitrogens with one attached hydrogen (secondary N) is 1. The maximum absolute atomic E-state index is 4.57. The smallest absolute Gasteiger partial charge is 0.150 e. The molecule has 0 bridgehead atoms. The summed E-state index contributed by atoms with van der Waals surface area (Å²) < 4.78 is 2.13. The van der Waals surface area contributed by atoms with Gasteiger partial charge in [0.25, 0.3) is 0 Å². The number of hydrogen-bond acceptors (Lipinski definition) is 3. The van der Waals surface area contributed by atoms with Crippen LogP contribution < -0.4 is 5.32 Å². The SMILES string of the molecule is CCc1nc(CC)n(CCC2CCNCC2)n1. The maximum Gasteiger partial charge on any atom is 0.150 e. The number of rotatable bonds is 5. The summed E-state index contributed by atoms with van der Waals surface area (Å²) in [5, 5.41) is 7.99. The van der Waals surface area contributed by atoms with E-state index in [-0.39, 0.29) is 0 Å². The van der Waals surface area contributed by atoms with E-state index < -0.39 is 0 Å². The summed E-state index contributed by atoms with van der Waals surface area (Å²) in [6.45, 7) is 7.68. The first-order valence-electron chi connectivity index (χ1n) is 6.96. The average molecular weight is 236 g/mol. The Hall–Kier alpha value is -0.900. The highest BCUT2D eigenvalue weighted by Crippen LogP contribution is 2.17. The van der Waals surface area contributed by atoms with Gasteiger partial charge in [-0.15, -0.1) is 0 Å². The molecule has 0 aromatic carbocycles. The van der Waals surface area contributed by atoms with Gasteiger partial charge in [0.15, 0.2) is 5.82 Å². The van der Waals surface area contributed by atoms with Crippen LogP contribution in [0.5, 0.6) is 0 Å². The number of hydrogen-bond donors (Lipinski definition) is 1. The lowest BCUT2D eigenvalue weighted by atomic mass is 9.95. The molecule has 1 aliphatic heterocycles. The van der Waals surface area contributed by atoms with Crippen molar-refractivity contribution in [3.05, 3.63) is 11.6 Å². The van der Waals surface area contributed by atoms with Crippen molar-refractivity contribution >= 4 is 0 Å². The van der Waals surface area contributed by atoms with E-state index >= 15 is 0 Å². The monoisotopic (exact) mass is 236 g/mol. The topological polar surface area (TPSA) is 42.7 Å². The van der Waals surface area contributed by atoms with Gasteiger partial charge in [0.2, 0.25) is 0 Å². The Kier molecular flexibility index (Phi) is 4.54. The molecular weight excluding hydrogens is 212 g/mol. The summed E-state index contributed by atoms with van der Waals surface area (Å²) in [5.74, 6) is 3.01.